The SMILES string of the molecule is CNC(=O)c1ccc([N+](=O)[O-])c(NC(C)CSC)c1. The molecule has 7 heteroatoms. The summed E-state index contributed by atoms with van der Waals surface area (Å²) in [6.45, 7) is 1.94. The maximum absolute atomic E-state index is 11.5. The first kappa shape index (κ1) is 15.3. The number of nitrogens with one attached hydrogen (secondary N) is 2. The molecule has 0 radical (unpaired) electrons. The molecule has 1 rings (SSSR count). The molecule has 0 bridgehead atoms. The Balaban J connectivity index is 3.08. The summed E-state index contributed by atoms with van der Waals surface area (Å²) in [6, 6.07) is 4.38. The van der Waals surface area contributed by atoms with Gasteiger partial charge in [0, 0.05) is 30.5 Å². The average molecular weight is 283 g/mol. The van der Waals surface area contributed by atoms with Crippen molar-refractivity contribution in [2.75, 3.05) is 24.4 Å². The van der Waals surface area contributed by atoms with E-state index in [1.807, 2.05) is 13.2 Å². The molecular formula is C12H17N3O3S. The molecule has 0 fully saturated rings. The number of anilines is 1. The molecule has 1 atom stereocenters. The third-order valence-electron chi connectivity index (χ3n) is 2.50. The minimum absolute atomic E-state index is 0.0272. The van der Waals surface area contributed by atoms with E-state index in [0.29, 0.717) is 11.3 Å². The number of hydrogen-bond donors (Lipinski definition) is 2. The number of carbonyl (C=O) groups excluding carboxylic acids is 1. The Morgan fingerprint density at radius 3 is 2.74 bits per heavy atom. The summed E-state index contributed by atoms with van der Waals surface area (Å²) >= 11 is 1.65. The molecule has 1 amide bonds. The van der Waals surface area contributed by atoms with Crippen molar-refractivity contribution in [2.45, 2.75) is 13.0 Å². The van der Waals surface area contributed by atoms with Crippen molar-refractivity contribution >= 4 is 29.0 Å². The highest BCUT2D eigenvalue weighted by molar-refractivity contribution is 7.98. The topological polar surface area (TPSA) is 84.3 Å². The third kappa shape index (κ3) is 4.13. The number of thioether (sulfide) groups is 1. The number of nitrogens with zero attached hydrogens (tertiary/aromatic N) is 1. The van der Waals surface area contributed by atoms with Crippen LogP contribution in [0.4, 0.5) is 11.4 Å². The van der Waals surface area contributed by atoms with Crippen molar-refractivity contribution in [1.29, 1.82) is 0 Å². The van der Waals surface area contributed by atoms with Crippen LogP contribution in [-0.2, 0) is 0 Å². The third-order valence-corrected chi connectivity index (χ3v) is 3.33. The van der Waals surface area contributed by atoms with Crippen LogP contribution in [0.3, 0.4) is 0 Å². The lowest BCUT2D eigenvalue weighted by Gasteiger charge is -2.14. The lowest BCUT2D eigenvalue weighted by Crippen LogP contribution is -2.21. The fourth-order valence-corrected chi connectivity index (χ4v) is 2.24. The number of carbonyl (C=O) groups is 1. The molecule has 19 heavy (non-hydrogen) atoms. The molecule has 6 nitrogen and oxygen atoms in total. The normalized spacial score (nSPS) is 11.7. The molecule has 0 aliphatic heterocycles. The van der Waals surface area contributed by atoms with Gasteiger partial charge in [0.2, 0.25) is 0 Å². The highest BCUT2D eigenvalue weighted by Crippen LogP contribution is 2.26. The maximum Gasteiger partial charge on any atom is 0.292 e. The zero-order chi connectivity index (χ0) is 14.4. The Hall–Kier alpha value is -1.76. The Bertz CT molecular complexity index is 479. The molecule has 0 aromatic heterocycles. The minimum atomic E-state index is -0.457. The van der Waals surface area contributed by atoms with Gasteiger partial charge in [-0.1, -0.05) is 0 Å². The standard InChI is InChI=1S/C12H17N3O3S/c1-8(7-19-3)14-10-6-9(12(16)13-2)4-5-11(10)15(17)18/h4-6,8,14H,7H2,1-3H3,(H,13,16). The van der Waals surface area contributed by atoms with E-state index in [1.54, 1.807) is 11.8 Å². The van der Waals surface area contributed by atoms with Gasteiger partial charge in [-0.25, -0.2) is 0 Å². The summed E-state index contributed by atoms with van der Waals surface area (Å²) in [4.78, 5) is 22.1. The van der Waals surface area contributed by atoms with Gasteiger partial charge in [-0.3, -0.25) is 14.9 Å². The molecule has 1 aromatic carbocycles. The summed E-state index contributed by atoms with van der Waals surface area (Å²) in [5.41, 5.74) is 0.736. The average Bonchev–Trinajstić information content (AvgIpc) is 2.37. The van der Waals surface area contributed by atoms with Crippen molar-refractivity contribution in [1.82, 2.24) is 5.32 Å². The van der Waals surface area contributed by atoms with Crippen LogP contribution in [0.15, 0.2) is 18.2 Å². The number of nitro benzene ring substituents is 1. The van der Waals surface area contributed by atoms with Gasteiger partial charge in [-0.05, 0) is 25.3 Å². The van der Waals surface area contributed by atoms with Crippen molar-refractivity contribution in [2.24, 2.45) is 0 Å². The summed E-state index contributed by atoms with van der Waals surface area (Å²) in [7, 11) is 1.52. The number of benzene rings is 1. The summed E-state index contributed by atoms with van der Waals surface area (Å²) < 4.78 is 0. The van der Waals surface area contributed by atoms with Crippen molar-refractivity contribution in [3.05, 3.63) is 33.9 Å². The Morgan fingerprint density at radius 1 is 1.53 bits per heavy atom. The van der Waals surface area contributed by atoms with Gasteiger partial charge in [0.1, 0.15) is 5.69 Å². The second-order valence-corrected chi connectivity index (χ2v) is 4.98. The highest BCUT2D eigenvalue weighted by atomic mass is 32.2. The minimum Gasteiger partial charge on any atom is -0.376 e. The van der Waals surface area contributed by atoms with Crippen LogP contribution in [0.5, 0.6) is 0 Å². The quantitative estimate of drug-likeness (QED) is 0.617. The molecule has 0 heterocycles. The van der Waals surface area contributed by atoms with E-state index in [0.717, 1.165) is 5.75 Å². The predicted octanol–water partition coefficient (Wildman–Crippen LogP) is 2.12. The summed E-state index contributed by atoms with van der Waals surface area (Å²) in [5.74, 6) is 0.553. The van der Waals surface area contributed by atoms with E-state index < -0.39 is 4.92 Å². The van der Waals surface area contributed by atoms with Crippen LogP contribution in [0.25, 0.3) is 0 Å². The monoisotopic (exact) mass is 283 g/mol. The fourth-order valence-electron chi connectivity index (χ4n) is 1.65. The first-order valence-corrected chi connectivity index (χ1v) is 7.15. The Morgan fingerprint density at radius 2 is 2.21 bits per heavy atom. The van der Waals surface area contributed by atoms with Gasteiger partial charge in [0.25, 0.3) is 11.6 Å². The largest absolute Gasteiger partial charge is 0.376 e. The molecule has 0 aliphatic carbocycles. The van der Waals surface area contributed by atoms with Gasteiger partial charge in [-0.15, -0.1) is 0 Å². The van der Waals surface area contributed by atoms with Crippen molar-refractivity contribution < 1.29 is 9.72 Å². The second-order valence-electron chi connectivity index (χ2n) is 4.07. The van der Waals surface area contributed by atoms with Crippen LogP contribution in [0.2, 0.25) is 0 Å². The van der Waals surface area contributed by atoms with Crippen LogP contribution in [0, 0.1) is 10.1 Å². The van der Waals surface area contributed by atoms with Gasteiger partial charge in [0.05, 0.1) is 4.92 Å². The smallest absolute Gasteiger partial charge is 0.292 e. The number of rotatable bonds is 6. The molecule has 0 spiro atoms. The van der Waals surface area contributed by atoms with Gasteiger partial charge < -0.3 is 10.6 Å². The maximum atomic E-state index is 11.5. The van der Waals surface area contributed by atoms with Crippen molar-refractivity contribution in [3.63, 3.8) is 0 Å². The molecule has 2 N–H and O–H groups in total. The van der Waals surface area contributed by atoms with E-state index in [2.05, 4.69) is 10.6 Å². The van der Waals surface area contributed by atoms with Gasteiger partial charge in [0.15, 0.2) is 0 Å². The molecule has 1 unspecified atom stereocenters. The van der Waals surface area contributed by atoms with Crippen LogP contribution >= 0.6 is 11.8 Å². The van der Waals surface area contributed by atoms with E-state index >= 15 is 0 Å². The first-order valence-electron chi connectivity index (χ1n) is 5.75. The Kier molecular flexibility index (Phi) is 5.62. The molecule has 104 valence electrons. The lowest BCUT2D eigenvalue weighted by atomic mass is 10.1. The zero-order valence-electron chi connectivity index (χ0n) is 11.1. The molecule has 1 aromatic rings. The van der Waals surface area contributed by atoms with E-state index in [1.165, 1.54) is 25.2 Å². The molecule has 0 saturated carbocycles. The van der Waals surface area contributed by atoms with E-state index in [4.69, 9.17) is 0 Å². The second kappa shape index (κ2) is 6.98. The van der Waals surface area contributed by atoms with E-state index in [9.17, 15) is 14.9 Å². The summed E-state index contributed by atoms with van der Waals surface area (Å²) in [6.07, 6.45) is 1.97. The van der Waals surface area contributed by atoms with Gasteiger partial charge >= 0.3 is 0 Å². The number of amides is 1. The summed E-state index contributed by atoms with van der Waals surface area (Å²) in [5, 5.41) is 16.5. The molecule has 0 saturated heterocycles. The molecule has 0 aliphatic rings. The lowest BCUT2D eigenvalue weighted by molar-refractivity contribution is -0.384. The van der Waals surface area contributed by atoms with Gasteiger partial charge in [-0.2, -0.15) is 11.8 Å². The van der Waals surface area contributed by atoms with Crippen LogP contribution in [-0.4, -0.2) is 35.9 Å². The van der Waals surface area contributed by atoms with Crippen LogP contribution < -0.4 is 10.6 Å². The fraction of sp³-hybridized carbons (Fsp3) is 0.417. The predicted molar refractivity (Wildman–Crippen MR) is 78.0 cm³/mol. The number of hydrogen-bond acceptors (Lipinski definition) is 5. The highest BCUT2D eigenvalue weighted by Gasteiger charge is 2.17. The first-order chi connectivity index (χ1) is 8.99. The zero-order valence-corrected chi connectivity index (χ0v) is 11.9. The molecular weight excluding hydrogens is 266 g/mol. The number of nitro groups is 1. The van der Waals surface area contributed by atoms with E-state index in [-0.39, 0.29) is 17.6 Å². The van der Waals surface area contributed by atoms with Crippen LogP contribution in [0.1, 0.15) is 17.3 Å². The van der Waals surface area contributed by atoms with Crippen molar-refractivity contribution in [3.8, 4) is 0 Å². The Labute approximate surface area is 116 Å².